The van der Waals surface area contributed by atoms with Crippen LogP contribution in [0.25, 0.3) is 0 Å². The summed E-state index contributed by atoms with van der Waals surface area (Å²) in [5.41, 5.74) is 1.78. The van der Waals surface area contributed by atoms with Gasteiger partial charge >= 0.3 is 0 Å². The van der Waals surface area contributed by atoms with Crippen LogP contribution in [-0.2, 0) is 0 Å². The zero-order chi connectivity index (χ0) is 11.8. The fourth-order valence-electron chi connectivity index (χ4n) is 1.26. The van der Waals surface area contributed by atoms with Gasteiger partial charge in [-0.2, -0.15) is 5.26 Å². The third-order valence-electron chi connectivity index (χ3n) is 1.98. The highest BCUT2D eigenvalue weighted by molar-refractivity contribution is 5.43. The maximum atomic E-state index is 8.68. The third-order valence-corrected chi connectivity index (χ3v) is 1.98. The molecule has 2 nitrogen and oxygen atoms in total. The summed E-state index contributed by atoms with van der Waals surface area (Å²) in [6, 6.07) is 7.62. The number of nitriles is 1. The topological polar surface area (TPSA) is 33.0 Å². The molecule has 0 aliphatic rings. The Kier molecular flexibility index (Phi) is 6.21. The van der Waals surface area contributed by atoms with Crippen LogP contribution in [0.3, 0.4) is 0 Å². The Morgan fingerprint density at radius 2 is 1.87 bits per heavy atom. The van der Waals surface area contributed by atoms with E-state index in [2.05, 4.69) is 19.9 Å². The van der Waals surface area contributed by atoms with Crippen LogP contribution in [0.4, 0.5) is 0 Å². The highest BCUT2D eigenvalue weighted by atomic mass is 16.5. The van der Waals surface area contributed by atoms with Gasteiger partial charge in [-0.1, -0.05) is 33.8 Å². The van der Waals surface area contributed by atoms with Crippen molar-refractivity contribution in [3.8, 4) is 11.8 Å². The molecular formula is C13H19NO. The average molecular weight is 205 g/mol. The Morgan fingerprint density at radius 1 is 1.27 bits per heavy atom. The maximum Gasteiger partial charge on any atom is 0.123 e. The summed E-state index contributed by atoms with van der Waals surface area (Å²) in [5.74, 6) is 1.22. The van der Waals surface area contributed by atoms with Gasteiger partial charge in [0.1, 0.15) is 5.75 Å². The highest BCUT2D eigenvalue weighted by Gasteiger charge is 2.07. The minimum Gasteiger partial charge on any atom is -0.496 e. The molecule has 1 aromatic rings. The van der Waals surface area contributed by atoms with Crippen molar-refractivity contribution in [2.45, 2.75) is 33.6 Å². The lowest BCUT2D eigenvalue weighted by molar-refractivity contribution is 0.407. The first-order valence-corrected chi connectivity index (χ1v) is 5.27. The van der Waals surface area contributed by atoms with Crippen molar-refractivity contribution < 1.29 is 4.74 Å². The lowest BCUT2D eigenvalue weighted by atomic mass is 10.0. The second-order valence-electron chi connectivity index (χ2n) is 3.22. The monoisotopic (exact) mass is 205 g/mol. The first-order valence-electron chi connectivity index (χ1n) is 5.27. The quantitative estimate of drug-likeness (QED) is 0.737. The summed E-state index contributed by atoms with van der Waals surface area (Å²) in [6.07, 6.45) is 0. The molecular weight excluding hydrogens is 186 g/mol. The molecule has 82 valence electrons. The van der Waals surface area contributed by atoms with Gasteiger partial charge in [0.25, 0.3) is 0 Å². The highest BCUT2D eigenvalue weighted by Crippen LogP contribution is 2.26. The number of hydrogen-bond acceptors (Lipinski definition) is 2. The van der Waals surface area contributed by atoms with E-state index in [1.807, 2.05) is 26.0 Å². The van der Waals surface area contributed by atoms with Gasteiger partial charge in [-0.15, -0.1) is 0 Å². The molecule has 0 aliphatic carbocycles. The van der Waals surface area contributed by atoms with Crippen LogP contribution in [0.5, 0.6) is 5.75 Å². The molecule has 0 saturated heterocycles. The lowest BCUT2D eigenvalue weighted by Crippen LogP contribution is -1.94. The Hall–Kier alpha value is -1.49. The predicted octanol–water partition coefficient (Wildman–Crippen LogP) is 3.72. The molecule has 0 bridgehead atoms. The molecule has 1 rings (SSSR count). The number of nitrogens with zero attached hydrogens (tertiary/aromatic N) is 1. The van der Waals surface area contributed by atoms with Gasteiger partial charge in [0.2, 0.25) is 0 Å². The lowest BCUT2D eigenvalue weighted by Gasteiger charge is -2.11. The Labute approximate surface area is 92.5 Å². The van der Waals surface area contributed by atoms with Gasteiger partial charge in [-0.05, 0) is 23.6 Å². The number of methoxy groups -OCH3 is 1. The first-order chi connectivity index (χ1) is 7.19. The molecule has 0 N–H and O–H groups in total. The van der Waals surface area contributed by atoms with Crippen LogP contribution in [0, 0.1) is 11.3 Å². The van der Waals surface area contributed by atoms with Crippen LogP contribution in [0.1, 0.15) is 44.7 Å². The van der Waals surface area contributed by atoms with Crippen molar-refractivity contribution in [3.63, 3.8) is 0 Å². The molecule has 2 heteroatoms. The van der Waals surface area contributed by atoms with E-state index in [4.69, 9.17) is 10.00 Å². The van der Waals surface area contributed by atoms with E-state index in [9.17, 15) is 0 Å². The van der Waals surface area contributed by atoms with Crippen LogP contribution < -0.4 is 4.74 Å². The SMILES string of the molecule is CC.COc1cc(C#N)ccc1C(C)C. The second-order valence-corrected chi connectivity index (χ2v) is 3.22. The van der Waals surface area contributed by atoms with Crippen molar-refractivity contribution in [2.24, 2.45) is 0 Å². The Bertz CT molecular complexity index is 337. The van der Waals surface area contributed by atoms with E-state index in [-0.39, 0.29) is 0 Å². The van der Waals surface area contributed by atoms with E-state index in [0.717, 1.165) is 11.3 Å². The summed E-state index contributed by atoms with van der Waals surface area (Å²) in [6.45, 7) is 8.20. The molecule has 15 heavy (non-hydrogen) atoms. The van der Waals surface area contributed by atoms with E-state index in [0.29, 0.717) is 11.5 Å². The molecule has 0 aliphatic heterocycles. The van der Waals surface area contributed by atoms with Gasteiger partial charge in [0, 0.05) is 0 Å². The molecule has 0 amide bonds. The third kappa shape index (κ3) is 3.63. The van der Waals surface area contributed by atoms with Crippen LogP contribution in [0.15, 0.2) is 18.2 Å². The summed E-state index contributed by atoms with van der Waals surface area (Å²) in [5, 5.41) is 8.68. The summed E-state index contributed by atoms with van der Waals surface area (Å²) < 4.78 is 5.20. The molecule has 0 aromatic heterocycles. The van der Waals surface area contributed by atoms with Gasteiger partial charge in [0.05, 0.1) is 18.7 Å². The van der Waals surface area contributed by atoms with Gasteiger partial charge in [-0.25, -0.2) is 0 Å². The number of hydrogen-bond donors (Lipinski definition) is 0. The van der Waals surface area contributed by atoms with Crippen molar-refractivity contribution in [2.75, 3.05) is 7.11 Å². The largest absolute Gasteiger partial charge is 0.496 e. The molecule has 0 unspecified atom stereocenters. The van der Waals surface area contributed by atoms with E-state index in [1.165, 1.54) is 0 Å². The van der Waals surface area contributed by atoms with Gasteiger partial charge < -0.3 is 4.74 Å². The first kappa shape index (κ1) is 13.5. The van der Waals surface area contributed by atoms with E-state index >= 15 is 0 Å². The fourth-order valence-corrected chi connectivity index (χ4v) is 1.26. The number of benzene rings is 1. The average Bonchev–Trinajstić information content (AvgIpc) is 2.30. The van der Waals surface area contributed by atoms with Crippen molar-refractivity contribution in [3.05, 3.63) is 29.3 Å². The van der Waals surface area contributed by atoms with Gasteiger partial charge in [0.15, 0.2) is 0 Å². The molecule has 0 radical (unpaired) electrons. The fraction of sp³-hybridized carbons (Fsp3) is 0.462. The summed E-state index contributed by atoms with van der Waals surface area (Å²) in [4.78, 5) is 0. The number of rotatable bonds is 2. The van der Waals surface area contributed by atoms with Crippen molar-refractivity contribution >= 4 is 0 Å². The second kappa shape index (κ2) is 6.89. The Balaban J connectivity index is 0.000000921. The minimum atomic E-state index is 0.419. The van der Waals surface area contributed by atoms with Crippen molar-refractivity contribution in [1.82, 2.24) is 0 Å². The van der Waals surface area contributed by atoms with E-state index in [1.54, 1.807) is 13.2 Å². The minimum absolute atomic E-state index is 0.419. The van der Waals surface area contributed by atoms with Crippen LogP contribution in [0.2, 0.25) is 0 Å². The normalized spacial score (nSPS) is 8.87. The zero-order valence-electron chi connectivity index (χ0n) is 10.2. The summed E-state index contributed by atoms with van der Waals surface area (Å²) in [7, 11) is 1.63. The zero-order valence-corrected chi connectivity index (χ0v) is 10.2. The molecule has 0 saturated carbocycles. The molecule has 0 fully saturated rings. The van der Waals surface area contributed by atoms with Crippen LogP contribution in [-0.4, -0.2) is 7.11 Å². The van der Waals surface area contributed by atoms with E-state index < -0.39 is 0 Å². The maximum absolute atomic E-state index is 8.68. The number of ether oxygens (including phenoxy) is 1. The predicted molar refractivity (Wildman–Crippen MR) is 63.1 cm³/mol. The smallest absolute Gasteiger partial charge is 0.123 e. The van der Waals surface area contributed by atoms with Crippen LogP contribution >= 0.6 is 0 Å². The molecule has 0 spiro atoms. The molecule has 0 atom stereocenters. The van der Waals surface area contributed by atoms with Gasteiger partial charge in [-0.3, -0.25) is 0 Å². The molecule has 1 aromatic carbocycles. The van der Waals surface area contributed by atoms with Crippen molar-refractivity contribution in [1.29, 1.82) is 5.26 Å². The standard InChI is InChI=1S/C11H13NO.C2H6/c1-8(2)10-5-4-9(7-12)6-11(10)13-3;1-2/h4-6,8H,1-3H3;1-2H3. The molecule has 0 heterocycles. The summed E-state index contributed by atoms with van der Waals surface area (Å²) >= 11 is 0. The Morgan fingerprint density at radius 3 is 2.27 bits per heavy atom.